The molecule has 0 aliphatic rings. The summed E-state index contributed by atoms with van der Waals surface area (Å²) in [5, 5.41) is 5.21. The molecule has 2 N–H and O–H groups in total. The molecule has 0 radical (unpaired) electrons. The fraction of sp³-hybridized carbons (Fsp3) is 0.462. The average molecular weight is 329 g/mol. The zero-order valence-electron chi connectivity index (χ0n) is 11.6. The second-order valence-corrected chi connectivity index (χ2v) is 4.48. The highest BCUT2D eigenvalue weighted by Crippen LogP contribution is 2.32. The van der Waals surface area contributed by atoms with Crippen LogP contribution in [0.2, 0.25) is 0 Å². The Bertz CT molecular complexity index is 480. The van der Waals surface area contributed by atoms with E-state index < -0.39 is 17.6 Å². The van der Waals surface area contributed by atoms with Crippen LogP contribution in [0.1, 0.15) is 18.1 Å². The third-order valence-corrected chi connectivity index (χ3v) is 2.79. The maximum atomic E-state index is 12.9. The highest BCUT2D eigenvalue weighted by molar-refractivity contribution is 5.85. The predicted molar refractivity (Wildman–Crippen MR) is 73.6 cm³/mol. The first-order chi connectivity index (χ1) is 9.25. The maximum Gasteiger partial charge on any atom is 0.416 e. The van der Waals surface area contributed by atoms with Crippen LogP contribution in [0.4, 0.5) is 17.6 Å². The fourth-order valence-electron chi connectivity index (χ4n) is 1.72. The summed E-state index contributed by atoms with van der Waals surface area (Å²) in [4.78, 5) is 11.6. The van der Waals surface area contributed by atoms with E-state index in [0.29, 0.717) is 12.6 Å². The molecule has 1 unspecified atom stereocenters. The molecule has 0 aliphatic heterocycles. The number of benzene rings is 1. The molecule has 0 saturated carbocycles. The first kappa shape index (κ1) is 19.7. The molecule has 0 spiro atoms. The van der Waals surface area contributed by atoms with Crippen LogP contribution in [-0.2, 0) is 17.5 Å². The highest BCUT2D eigenvalue weighted by Gasteiger charge is 2.33. The zero-order valence-corrected chi connectivity index (χ0v) is 12.4. The van der Waals surface area contributed by atoms with Crippen molar-refractivity contribution in [1.82, 2.24) is 10.6 Å². The van der Waals surface area contributed by atoms with Crippen molar-refractivity contribution in [3.8, 4) is 0 Å². The van der Waals surface area contributed by atoms with E-state index in [1.807, 2.05) is 0 Å². The van der Waals surface area contributed by atoms with E-state index in [4.69, 9.17) is 0 Å². The van der Waals surface area contributed by atoms with E-state index in [9.17, 15) is 22.4 Å². The second-order valence-electron chi connectivity index (χ2n) is 4.48. The predicted octanol–water partition coefficient (Wildman–Crippen LogP) is 2.74. The van der Waals surface area contributed by atoms with Gasteiger partial charge in [-0.2, -0.15) is 13.2 Å². The van der Waals surface area contributed by atoms with Crippen molar-refractivity contribution in [3.63, 3.8) is 0 Å². The molecular formula is C13H17ClF4N2O. The average Bonchev–Trinajstić information content (AvgIpc) is 2.36. The molecule has 0 aromatic heterocycles. The Balaban J connectivity index is 0.00000400. The van der Waals surface area contributed by atoms with Crippen molar-refractivity contribution in [2.75, 3.05) is 13.6 Å². The van der Waals surface area contributed by atoms with Gasteiger partial charge < -0.3 is 10.6 Å². The molecule has 0 saturated heterocycles. The lowest BCUT2D eigenvalue weighted by molar-refractivity contribution is -0.138. The number of hydrogen-bond acceptors (Lipinski definition) is 2. The Morgan fingerprint density at radius 2 is 1.95 bits per heavy atom. The Labute approximate surface area is 126 Å². The van der Waals surface area contributed by atoms with Gasteiger partial charge in [-0.05, 0) is 24.7 Å². The van der Waals surface area contributed by atoms with Crippen LogP contribution in [0, 0.1) is 11.7 Å². The molecule has 0 aliphatic carbocycles. The Kier molecular flexibility index (Phi) is 7.67. The van der Waals surface area contributed by atoms with Gasteiger partial charge in [-0.3, -0.25) is 4.79 Å². The quantitative estimate of drug-likeness (QED) is 0.816. The third kappa shape index (κ3) is 5.89. The minimum atomic E-state index is -4.65. The molecule has 0 heterocycles. The molecule has 1 aromatic carbocycles. The maximum absolute atomic E-state index is 12.9. The smallest absolute Gasteiger partial charge is 0.352 e. The van der Waals surface area contributed by atoms with Crippen molar-refractivity contribution < 1.29 is 22.4 Å². The van der Waals surface area contributed by atoms with Gasteiger partial charge in [0, 0.05) is 19.0 Å². The summed E-state index contributed by atoms with van der Waals surface area (Å²) in [6, 6.07) is 2.40. The van der Waals surface area contributed by atoms with Crippen molar-refractivity contribution >= 4 is 18.3 Å². The van der Waals surface area contributed by atoms with Gasteiger partial charge in [-0.15, -0.1) is 12.4 Å². The van der Waals surface area contributed by atoms with Crippen molar-refractivity contribution in [2.24, 2.45) is 5.92 Å². The van der Waals surface area contributed by atoms with E-state index in [1.54, 1.807) is 14.0 Å². The van der Waals surface area contributed by atoms with E-state index in [-0.39, 0.29) is 36.3 Å². The number of nitrogens with one attached hydrogen (secondary N) is 2. The number of amides is 1. The Morgan fingerprint density at radius 3 is 2.48 bits per heavy atom. The molecule has 1 amide bonds. The molecule has 1 aromatic rings. The summed E-state index contributed by atoms with van der Waals surface area (Å²) in [5.74, 6) is -1.69. The molecule has 21 heavy (non-hydrogen) atoms. The number of halogens is 5. The lowest BCUT2D eigenvalue weighted by Gasteiger charge is -2.15. The van der Waals surface area contributed by atoms with Crippen LogP contribution >= 0.6 is 12.4 Å². The fourth-order valence-corrected chi connectivity index (χ4v) is 1.72. The summed E-state index contributed by atoms with van der Waals surface area (Å²) >= 11 is 0. The largest absolute Gasteiger partial charge is 0.416 e. The van der Waals surface area contributed by atoms with Crippen molar-refractivity contribution in [1.29, 1.82) is 0 Å². The van der Waals surface area contributed by atoms with Gasteiger partial charge in [0.25, 0.3) is 0 Å². The first-order valence-corrected chi connectivity index (χ1v) is 6.03. The zero-order chi connectivity index (χ0) is 15.3. The van der Waals surface area contributed by atoms with Crippen molar-refractivity contribution in [3.05, 3.63) is 35.1 Å². The standard InChI is InChI=1S/C13H16F4N2O.ClH/c1-8(6-18-2)12(20)19-7-9-3-4-10(14)5-11(9)13(15,16)17;/h3-5,8,18H,6-7H2,1-2H3,(H,19,20);1H. The van der Waals surface area contributed by atoms with Gasteiger partial charge >= 0.3 is 6.18 Å². The number of rotatable bonds is 5. The molecule has 1 atom stereocenters. The molecule has 0 fully saturated rings. The van der Waals surface area contributed by atoms with Gasteiger partial charge in [0.15, 0.2) is 0 Å². The van der Waals surface area contributed by atoms with E-state index in [0.717, 1.165) is 12.1 Å². The molecule has 1 rings (SSSR count). The molecule has 120 valence electrons. The summed E-state index contributed by atoms with van der Waals surface area (Å²) in [6.45, 7) is 1.78. The minimum absolute atomic E-state index is 0. The molecule has 8 heteroatoms. The third-order valence-electron chi connectivity index (χ3n) is 2.79. The summed E-state index contributed by atoms with van der Waals surface area (Å²) in [5.41, 5.74) is -1.23. The van der Waals surface area contributed by atoms with E-state index in [1.165, 1.54) is 0 Å². The summed E-state index contributed by atoms with van der Waals surface area (Å²) in [6.07, 6.45) is -4.65. The summed E-state index contributed by atoms with van der Waals surface area (Å²) in [7, 11) is 1.67. The van der Waals surface area contributed by atoms with Crippen LogP contribution in [-0.4, -0.2) is 19.5 Å². The lowest BCUT2D eigenvalue weighted by Crippen LogP contribution is -2.34. The van der Waals surface area contributed by atoms with E-state index in [2.05, 4.69) is 10.6 Å². The Morgan fingerprint density at radius 1 is 1.33 bits per heavy atom. The monoisotopic (exact) mass is 328 g/mol. The normalized spacial score (nSPS) is 12.5. The second kappa shape index (κ2) is 8.19. The summed E-state index contributed by atoms with van der Waals surface area (Å²) < 4.78 is 51.1. The van der Waals surface area contributed by atoms with Crippen LogP contribution in [0.25, 0.3) is 0 Å². The highest BCUT2D eigenvalue weighted by atomic mass is 35.5. The van der Waals surface area contributed by atoms with E-state index >= 15 is 0 Å². The number of carbonyl (C=O) groups is 1. The first-order valence-electron chi connectivity index (χ1n) is 6.03. The number of alkyl halides is 3. The van der Waals surface area contributed by atoms with Gasteiger partial charge in [0.2, 0.25) is 5.91 Å². The molecule has 3 nitrogen and oxygen atoms in total. The molecule has 0 bridgehead atoms. The van der Waals surface area contributed by atoms with Gasteiger partial charge in [0.1, 0.15) is 5.82 Å². The van der Waals surface area contributed by atoms with Crippen LogP contribution in [0.5, 0.6) is 0 Å². The number of hydrogen-bond donors (Lipinski definition) is 2. The van der Waals surface area contributed by atoms with Crippen LogP contribution in [0.3, 0.4) is 0 Å². The van der Waals surface area contributed by atoms with Crippen molar-refractivity contribution in [2.45, 2.75) is 19.6 Å². The van der Waals surface area contributed by atoms with Crippen LogP contribution < -0.4 is 10.6 Å². The van der Waals surface area contributed by atoms with Gasteiger partial charge in [-0.1, -0.05) is 13.0 Å². The minimum Gasteiger partial charge on any atom is -0.352 e. The SMILES string of the molecule is CNCC(C)C(=O)NCc1ccc(F)cc1C(F)(F)F.Cl. The van der Waals surface area contributed by atoms with Crippen LogP contribution in [0.15, 0.2) is 18.2 Å². The number of carbonyl (C=O) groups excluding carboxylic acids is 1. The molecular weight excluding hydrogens is 312 g/mol. The van der Waals surface area contributed by atoms with Gasteiger partial charge in [-0.25, -0.2) is 4.39 Å². The Hall–Kier alpha value is -1.34. The van der Waals surface area contributed by atoms with Gasteiger partial charge in [0.05, 0.1) is 5.56 Å². The topological polar surface area (TPSA) is 41.1 Å². The lowest BCUT2D eigenvalue weighted by atomic mass is 10.1.